The van der Waals surface area contributed by atoms with Crippen LogP contribution in [0.4, 0.5) is 0 Å². The highest BCUT2D eigenvalue weighted by molar-refractivity contribution is 5.82. The van der Waals surface area contributed by atoms with Gasteiger partial charge in [0.1, 0.15) is 0 Å². The Hall–Kier alpha value is -1.05. The van der Waals surface area contributed by atoms with E-state index in [0.717, 1.165) is 19.5 Å². The van der Waals surface area contributed by atoms with Crippen molar-refractivity contribution < 1.29 is 9.53 Å². The monoisotopic (exact) mass is 236 g/mol. The Balaban J connectivity index is 1.89. The Morgan fingerprint density at radius 3 is 2.88 bits per heavy atom. The second kappa shape index (κ2) is 5.52. The number of hydrogen-bond donors (Lipinski definition) is 1. The largest absolute Gasteiger partial charge is 0.380 e. The Kier molecular flexibility index (Phi) is 4.03. The van der Waals surface area contributed by atoms with Crippen LogP contribution >= 0.6 is 0 Å². The van der Waals surface area contributed by atoms with E-state index in [4.69, 9.17) is 11.2 Å². The van der Waals surface area contributed by atoms with Crippen LogP contribution in [-0.2, 0) is 9.53 Å². The zero-order valence-electron chi connectivity index (χ0n) is 10.3. The van der Waals surface area contributed by atoms with E-state index in [0.29, 0.717) is 12.5 Å². The van der Waals surface area contributed by atoms with Gasteiger partial charge in [-0.15, -0.1) is 6.42 Å². The summed E-state index contributed by atoms with van der Waals surface area (Å²) in [6.45, 7) is 1.99. The van der Waals surface area contributed by atoms with Crippen molar-refractivity contribution >= 4 is 5.91 Å². The number of nitrogens with zero attached hydrogens (tertiary/aromatic N) is 1. The summed E-state index contributed by atoms with van der Waals surface area (Å²) in [5, 5.41) is 3.21. The van der Waals surface area contributed by atoms with Crippen LogP contribution in [-0.4, -0.2) is 49.7 Å². The normalized spacial score (nSPS) is 27.8. The van der Waals surface area contributed by atoms with Crippen molar-refractivity contribution in [3.05, 3.63) is 0 Å². The highest BCUT2D eigenvalue weighted by Gasteiger charge is 2.34. The van der Waals surface area contributed by atoms with Crippen LogP contribution in [0, 0.1) is 18.3 Å². The van der Waals surface area contributed by atoms with Crippen LogP contribution in [0.3, 0.4) is 0 Å². The molecule has 2 unspecified atom stereocenters. The second-order valence-electron chi connectivity index (χ2n) is 4.92. The Morgan fingerprint density at radius 2 is 2.35 bits per heavy atom. The molecule has 1 aliphatic carbocycles. The van der Waals surface area contributed by atoms with Crippen LogP contribution in [0.25, 0.3) is 0 Å². The van der Waals surface area contributed by atoms with Gasteiger partial charge in [0.05, 0.1) is 18.7 Å². The SMILES string of the molecule is C#CCN(CC1CC1)C(=O)C1CC(OC)CN1. The summed E-state index contributed by atoms with van der Waals surface area (Å²) in [7, 11) is 1.68. The predicted octanol–water partition coefficient (Wildman–Crippen LogP) is 0.235. The van der Waals surface area contributed by atoms with Gasteiger partial charge in [-0.05, 0) is 25.2 Å². The molecule has 2 atom stereocenters. The minimum atomic E-state index is -0.118. The van der Waals surface area contributed by atoms with Crippen LogP contribution < -0.4 is 5.32 Å². The van der Waals surface area contributed by atoms with Crippen LogP contribution in [0.1, 0.15) is 19.3 Å². The van der Waals surface area contributed by atoms with Crippen molar-refractivity contribution in [2.24, 2.45) is 5.92 Å². The molecule has 4 nitrogen and oxygen atoms in total. The third-order valence-electron chi connectivity index (χ3n) is 3.49. The molecule has 1 heterocycles. The van der Waals surface area contributed by atoms with Gasteiger partial charge in [0.2, 0.25) is 5.91 Å². The van der Waals surface area contributed by atoms with E-state index < -0.39 is 0 Å². The molecule has 94 valence electrons. The van der Waals surface area contributed by atoms with E-state index in [2.05, 4.69) is 11.2 Å². The number of nitrogens with one attached hydrogen (secondary N) is 1. The summed E-state index contributed by atoms with van der Waals surface area (Å²) >= 11 is 0. The molecular formula is C13H20N2O2. The first-order valence-corrected chi connectivity index (χ1v) is 6.23. The molecule has 2 fully saturated rings. The van der Waals surface area contributed by atoms with Crippen molar-refractivity contribution in [3.63, 3.8) is 0 Å². The van der Waals surface area contributed by atoms with Gasteiger partial charge in [0, 0.05) is 20.2 Å². The molecule has 1 saturated carbocycles. The van der Waals surface area contributed by atoms with Gasteiger partial charge in [-0.25, -0.2) is 0 Å². The number of rotatable bonds is 5. The Labute approximate surface area is 103 Å². The van der Waals surface area contributed by atoms with Crippen molar-refractivity contribution in [2.75, 3.05) is 26.7 Å². The van der Waals surface area contributed by atoms with Crippen LogP contribution in [0.2, 0.25) is 0 Å². The zero-order chi connectivity index (χ0) is 12.3. The quantitative estimate of drug-likeness (QED) is 0.695. The van der Waals surface area contributed by atoms with Gasteiger partial charge in [-0.2, -0.15) is 0 Å². The van der Waals surface area contributed by atoms with Crippen molar-refractivity contribution in [3.8, 4) is 12.3 Å². The summed E-state index contributed by atoms with van der Waals surface area (Å²) < 4.78 is 5.25. The molecule has 0 bridgehead atoms. The lowest BCUT2D eigenvalue weighted by Crippen LogP contribution is -2.44. The fourth-order valence-electron chi connectivity index (χ4n) is 2.25. The van der Waals surface area contributed by atoms with Gasteiger partial charge in [0.15, 0.2) is 0 Å². The number of hydrogen-bond acceptors (Lipinski definition) is 3. The average Bonchev–Trinajstić information content (AvgIpc) is 3.02. The van der Waals surface area contributed by atoms with Crippen LogP contribution in [0.5, 0.6) is 0 Å². The molecule has 2 aliphatic rings. The highest BCUT2D eigenvalue weighted by Crippen LogP contribution is 2.30. The zero-order valence-corrected chi connectivity index (χ0v) is 10.3. The number of methoxy groups -OCH3 is 1. The number of carbonyl (C=O) groups excluding carboxylic acids is 1. The van der Waals surface area contributed by atoms with Gasteiger partial charge >= 0.3 is 0 Å². The third-order valence-corrected chi connectivity index (χ3v) is 3.49. The number of carbonyl (C=O) groups is 1. The summed E-state index contributed by atoms with van der Waals surface area (Å²) in [6, 6.07) is -0.118. The van der Waals surface area contributed by atoms with Gasteiger partial charge in [0.25, 0.3) is 0 Å². The average molecular weight is 236 g/mol. The Bertz CT molecular complexity index is 320. The van der Waals surface area contributed by atoms with Crippen LogP contribution in [0.15, 0.2) is 0 Å². The summed E-state index contributed by atoms with van der Waals surface area (Å²) in [5.41, 5.74) is 0. The second-order valence-corrected chi connectivity index (χ2v) is 4.92. The number of ether oxygens (including phenoxy) is 1. The minimum absolute atomic E-state index is 0.118. The molecule has 1 saturated heterocycles. The molecule has 2 rings (SSSR count). The molecule has 1 aliphatic heterocycles. The smallest absolute Gasteiger partial charge is 0.240 e. The molecule has 0 radical (unpaired) electrons. The lowest BCUT2D eigenvalue weighted by molar-refractivity contribution is -0.132. The first kappa shape index (κ1) is 12.4. The fourth-order valence-corrected chi connectivity index (χ4v) is 2.25. The maximum atomic E-state index is 12.3. The Morgan fingerprint density at radius 1 is 1.59 bits per heavy atom. The van der Waals surface area contributed by atoms with Gasteiger partial charge < -0.3 is 15.0 Å². The lowest BCUT2D eigenvalue weighted by atomic mass is 10.1. The van der Waals surface area contributed by atoms with E-state index in [1.54, 1.807) is 7.11 Å². The molecule has 4 heteroatoms. The number of terminal acetylenes is 1. The first-order valence-electron chi connectivity index (χ1n) is 6.23. The molecule has 1 N–H and O–H groups in total. The summed E-state index contributed by atoms with van der Waals surface area (Å²) in [6.07, 6.45) is 8.69. The van der Waals surface area contributed by atoms with E-state index in [1.807, 2.05) is 4.90 Å². The van der Waals surface area contributed by atoms with Crippen molar-refractivity contribution in [1.82, 2.24) is 10.2 Å². The maximum Gasteiger partial charge on any atom is 0.240 e. The molecule has 0 spiro atoms. The number of amides is 1. The van der Waals surface area contributed by atoms with E-state index in [1.165, 1.54) is 12.8 Å². The van der Waals surface area contributed by atoms with Gasteiger partial charge in [-0.3, -0.25) is 4.79 Å². The first-order chi connectivity index (χ1) is 8.24. The fraction of sp³-hybridized carbons (Fsp3) is 0.769. The molecule has 0 aromatic carbocycles. The van der Waals surface area contributed by atoms with Crippen molar-refractivity contribution in [2.45, 2.75) is 31.4 Å². The van der Waals surface area contributed by atoms with E-state index in [-0.39, 0.29) is 18.1 Å². The minimum Gasteiger partial charge on any atom is -0.380 e. The summed E-state index contributed by atoms with van der Waals surface area (Å²) in [5.74, 6) is 3.38. The molecule has 17 heavy (non-hydrogen) atoms. The molecular weight excluding hydrogens is 216 g/mol. The summed E-state index contributed by atoms with van der Waals surface area (Å²) in [4.78, 5) is 14.1. The topological polar surface area (TPSA) is 41.6 Å². The van der Waals surface area contributed by atoms with Crippen molar-refractivity contribution in [1.29, 1.82) is 0 Å². The maximum absolute atomic E-state index is 12.3. The lowest BCUT2D eigenvalue weighted by Gasteiger charge is -2.23. The molecule has 1 amide bonds. The molecule has 0 aromatic rings. The predicted molar refractivity (Wildman–Crippen MR) is 65.3 cm³/mol. The van der Waals surface area contributed by atoms with Gasteiger partial charge in [-0.1, -0.05) is 5.92 Å². The standard InChI is InChI=1S/C13H20N2O2/c1-3-6-15(9-10-4-5-10)13(16)12-7-11(17-2)8-14-12/h1,10-12,14H,4-9H2,2H3. The van der Waals surface area contributed by atoms with E-state index >= 15 is 0 Å². The third kappa shape index (κ3) is 3.21. The van der Waals surface area contributed by atoms with E-state index in [9.17, 15) is 4.79 Å². The molecule has 0 aromatic heterocycles. The highest BCUT2D eigenvalue weighted by atomic mass is 16.5.